The largest absolute Gasteiger partial charge is 0.454 e. The van der Waals surface area contributed by atoms with Crippen LogP contribution in [0.3, 0.4) is 0 Å². The average Bonchev–Trinajstić information content (AvgIpc) is 2.05. The summed E-state index contributed by atoms with van der Waals surface area (Å²) in [6, 6.07) is 0. The summed E-state index contributed by atoms with van der Waals surface area (Å²) in [7, 11) is 0. The zero-order valence-electron chi connectivity index (χ0n) is 8.52. The molecule has 0 N–H and O–H groups in total. The molecule has 0 aromatic rings. The Morgan fingerprint density at radius 3 is 2.42 bits per heavy atom. The molecule has 71 valence electrons. The first-order valence-corrected chi connectivity index (χ1v) is 4.63. The molecule has 0 aromatic heterocycles. The molecular formula is C10H19O2. The van der Waals surface area contributed by atoms with Gasteiger partial charge in [0.05, 0.1) is 0 Å². The maximum Gasteiger partial charge on any atom is 0.417 e. The first-order chi connectivity index (χ1) is 5.60. The molecule has 0 saturated carbocycles. The topological polar surface area (TPSA) is 26.3 Å². The third-order valence-corrected chi connectivity index (χ3v) is 2.84. The number of hydrogen-bond donors (Lipinski definition) is 0. The van der Waals surface area contributed by atoms with Gasteiger partial charge in [0.1, 0.15) is 6.10 Å². The lowest BCUT2D eigenvalue weighted by atomic mass is 9.78. The van der Waals surface area contributed by atoms with Crippen LogP contribution in [0.4, 0.5) is 0 Å². The molecule has 0 rings (SSSR count). The van der Waals surface area contributed by atoms with Crippen LogP contribution >= 0.6 is 0 Å². The van der Waals surface area contributed by atoms with Crippen molar-refractivity contribution < 1.29 is 9.53 Å². The molecule has 0 bridgehead atoms. The molecule has 2 heteroatoms. The van der Waals surface area contributed by atoms with Gasteiger partial charge in [-0.3, -0.25) is 0 Å². The van der Waals surface area contributed by atoms with Crippen LogP contribution in [-0.2, 0) is 9.53 Å². The highest BCUT2D eigenvalue weighted by atomic mass is 16.5. The van der Waals surface area contributed by atoms with Gasteiger partial charge in [-0.15, -0.1) is 0 Å². The summed E-state index contributed by atoms with van der Waals surface area (Å²) in [5.41, 5.74) is 0.117. The van der Waals surface area contributed by atoms with Crippen molar-refractivity contribution in [3.63, 3.8) is 0 Å². The van der Waals surface area contributed by atoms with Crippen molar-refractivity contribution in [3.8, 4) is 0 Å². The predicted octanol–water partition coefficient (Wildman–Crippen LogP) is 2.68. The van der Waals surface area contributed by atoms with E-state index in [4.69, 9.17) is 4.74 Å². The molecule has 1 radical (unpaired) electrons. The van der Waals surface area contributed by atoms with Crippen LogP contribution in [0.1, 0.15) is 47.0 Å². The van der Waals surface area contributed by atoms with Crippen LogP contribution in [0.2, 0.25) is 0 Å². The molecule has 0 amide bonds. The normalized spacial score (nSPS) is 18.0. The minimum absolute atomic E-state index is 0.0278. The van der Waals surface area contributed by atoms with Crippen molar-refractivity contribution >= 4 is 6.47 Å². The summed E-state index contributed by atoms with van der Waals surface area (Å²) >= 11 is 0. The van der Waals surface area contributed by atoms with Crippen molar-refractivity contribution in [3.05, 3.63) is 0 Å². The second kappa shape index (κ2) is 5.18. The van der Waals surface area contributed by atoms with E-state index in [2.05, 4.69) is 20.8 Å². The standard InChI is InChI=1S/C10H19O2/c1-5-7-10(4,6-2)9(3)12-8-11/h9H,5-7H2,1-4H3. The Hall–Kier alpha value is -0.530. The molecule has 2 nitrogen and oxygen atoms in total. The highest BCUT2D eigenvalue weighted by Gasteiger charge is 2.29. The highest BCUT2D eigenvalue weighted by Crippen LogP contribution is 2.32. The Bertz CT molecular complexity index is 134. The van der Waals surface area contributed by atoms with Crippen LogP contribution in [-0.4, -0.2) is 12.6 Å². The number of carbonyl (C=O) groups excluding carboxylic acids is 1. The monoisotopic (exact) mass is 171 g/mol. The maximum absolute atomic E-state index is 10.0. The SMILES string of the molecule is CCCC(C)(CC)C(C)O[C]=O. The molecule has 0 aliphatic heterocycles. The van der Waals surface area contributed by atoms with E-state index < -0.39 is 0 Å². The first kappa shape index (κ1) is 11.5. The minimum Gasteiger partial charge on any atom is -0.454 e. The van der Waals surface area contributed by atoms with E-state index >= 15 is 0 Å². The van der Waals surface area contributed by atoms with Crippen molar-refractivity contribution in [2.75, 3.05) is 0 Å². The fourth-order valence-electron chi connectivity index (χ4n) is 1.45. The molecular weight excluding hydrogens is 152 g/mol. The minimum atomic E-state index is -0.0278. The Morgan fingerprint density at radius 2 is 2.08 bits per heavy atom. The Kier molecular flexibility index (Phi) is 4.95. The van der Waals surface area contributed by atoms with Gasteiger partial charge in [0.2, 0.25) is 0 Å². The van der Waals surface area contributed by atoms with Crippen LogP contribution in [0, 0.1) is 5.41 Å². The third-order valence-electron chi connectivity index (χ3n) is 2.84. The van der Waals surface area contributed by atoms with E-state index in [0.29, 0.717) is 0 Å². The van der Waals surface area contributed by atoms with Crippen molar-refractivity contribution in [1.29, 1.82) is 0 Å². The number of hydrogen-bond acceptors (Lipinski definition) is 2. The van der Waals surface area contributed by atoms with E-state index in [9.17, 15) is 4.79 Å². The van der Waals surface area contributed by atoms with Gasteiger partial charge in [-0.1, -0.05) is 27.2 Å². The quantitative estimate of drug-likeness (QED) is 0.614. The smallest absolute Gasteiger partial charge is 0.417 e. The third kappa shape index (κ3) is 2.84. The Balaban J connectivity index is 4.17. The van der Waals surface area contributed by atoms with Crippen LogP contribution in [0.25, 0.3) is 0 Å². The number of ether oxygens (including phenoxy) is 1. The fourth-order valence-corrected chi connectivity index (χ4v) is 1.45. The molecule has 2 unspecified atom stereocenters. The molecule has 12 heavy (non-hydrogen) atoms. The lowest BCUT2D eigenvalue weighted by molar-refractivity contribution is 0.0496. The molecule has 0 saturated heterocycles. The summed E-state index contributed by atoms with van der Waals surface area (Å²) < 4.78 is 4.84. The number of rotatable bonds is 6. The van der Waals surface area contributed by atoms with E-state index in [1.165, 1.54) is 6.47 Å². The van der Waals surface area contributed by atoms with Gasteiger partial charge in [0.25, 0.3) is 0 Å². The Morgan fingerprint density at radius 1 is 1.50 bits per heavy atom. The van der Waals surface area contributed by atoms with Crippen molar-refractivity contribution in [2.24, 2.45) is 5.41 Å². The maximum atomic E-state index is 10.0. The van der Waals surface area contributed by atoms with E-state index in [1.807, 2.05) is 6.92 Å². The van der Waals surface area contributed by atoms with Gasteiger partial charge >= 0.3 is 6.47 Å². The van der Waals surface area contributed by atoms with Crippen molar-refractivity contribution in [1.82, 2.24) is 0 Å². The molecule has 0 aromatic carbocycles. The molecule has 0 aliphatic carbocycles. The van der Waals surface area contributed by atoms with Gasteiger partial charge in [0.15, 0.2) is 0 Å². The van der Waals surface area contributed by atoms with Crippen LogP contribution in [0.15, 0.2) is 0 Å². The van der Waals surface area contributed by atoms with Crippen molar-refractivity contribution in [2.45, 2.75) is 53.1 Å². The van der Waals surface area contributed by atoms with Crippen LogP contribution in [0.5, 0.6) is 0 Å². The second-order valence-corrected chi connectivity index (χ2v) is 3.60. The molecule has 0 aliphatic rings. The summed E-state index contributed by atoms with van der Waals surface area (Å²) in [5, 5.41) is 0. The van der Waals surface area contributed by atoms with Gasteiger partial charge in [-0.25, -0.2) is 4.79 Å². The molecule has 0 spiro atoms. The fraction of sp³-hybridized carbons (Fsp3) is 0.900. The predicted molar refractivity (Wildman–Crippen MR) is 49.5 cm³/mol. The van der Waals surface area contributed by atoms with Gasteiger partial charge in [-0.2, -0.15) is 0 Å². The summed E-state index contributed by atoms with van der Waals surface area (Å²) in [6.45, 7) is 9.87. The lowest BCUT2D eigenvalue weighted by Crippen LogP contribution is -2.31. The molecule has 0 fully saturated rings. The summed E-state index contributed by atoms with van der Waals surface area (Å²) in [6.07, 6.45) is 3.22. The van der Waals surface area contributed by atoms with Gasteiger partial charge in [0, 0.05) is 5.41 Å². The Labute approximate surface area is 75.3 Å². The van der Waals surface area contributed by atoms with E-state index in [1.54, 1.807) is 0 Å². The second-order valence-electron chi connectivity index (χ2n) is 3.60. The zero-order valence-corrected chi connectivity index (χ0v) is 8.52. The molecule has 0 heterocycles. The van der Waals surface area contributed by atoms with Crippen LogP contribution < -0.4 is 0 Å². The van der Waals surface area contributed by atoms with Gasteiger partial charge in [-0.05, 0) is 19.8 Å². The summed E-state index contributed by atoms with van der Waals surface area (Å²) in [4.78, 5) is 10.0. The average molecular weight is 171 g/mol. The zero-order chi connectivity index (χ0) is 9.61. The first-order valence-electron chi connectivity index (χ1n) is 4.63. The van der Waals surface area contributed by atoms with E-state index in [0.717, 1.165) is 19.3 Å². The lowest BCUT2D eigenvalue weighted by Gasteiger charge is -2.32. The highest BCUT2D eigenvalue weighted by molar-refractivity contribution is 5.38. The van der Waals surface area contributed by atoms with Gasteiger partial charge < -0.3 is 4.74 Å². The van der Waals surface area contributed by atoms with E-state index in [-0.39, 0.29) is 11.5 Å². The molecule has 2 atom stereocenters. The summed E-state index contributed by atoms with van der Waals surface area (Å²) in [5.74, 6) is 0.